The van der Waals surface area contributed by atoms with Gasteiger partial charge in [-0.15, -0.1) is 0 Å². The lowest BCUT2D eigenvalue weighted by atomic mass is 10.1. The van der Waals surface area contributed by atoms with Crippen LogP contribution in [0.2, 0.25) is 0 Å². The van der Waals surface area contributed by atoms with E-state index in [0.29, 0.717) is 17.8 Å². The number of anilines is 2. The van der Waals surface area contributed by atoms with Crippen LogP contribution >= 0.6 is 0 Å². The minimum atomic E-state index is -0.537. The van der Waals surface area contributed by atoms with Gasteiger partial charge in [0.05, 0.1) is 12.1 Å². The van der Waals surface area contributed by atoms with Crippen molar-refractivity contribution in [2.75, 3.05) is 37.8 Å². The van der Waals surface area contributed by atoms with Gasteiger partial charge in [-0.05, 0) is 25.1 Å². The summed E-state index contributed by atoms with van der Waals surface area (Å²) >= 11 is 0. The van der Waals surface area contributed by atoms with Crippen molar-refractivity contribution in [1.29, 1.82) is 0 Å². The molecular weight excluding hydrogens is 244 g/mol. The predicted octanol–water partition coefficient (Wildman–Crippen LogP) is 0.282. The van der Waals surface area contributed by atoms with E-state index in [2.05, 4.69) is 0 Å². The second-order valence-electron chi connectivity index (χ2n) is 4.46. The molecule has 0 aliphatic heterocycles. The maximum Gasteiger partial charge on any atom is 0.256 e. The van der Waals surface area contributed by atoms with Gasteiger partial charge >= 0.3 is 0 Å². The maximum atomic E-state index is 12.4. The predicted molar refractivity (Wildman–Crippen MR) is 76.0 cm³/mol. The summed E-state index contributed by atoms with van der Waals surface area (Å²) in [5, 5.41) is 0. The Labute approximate surface area is 113 Å². The Morgan fingerprint density at radius 2 is 1.89 bits per heavy atom. The van der Waals surface area contributed by atoms with Crippen LogP contribution in [0.4, 0.5) is 11.4 Å². The molecule has 0 heterocycles. The van der Waals surface area contributed by atoms with Crippen LogP contribution in [0.5, 0.6) is 0 Å². The Morgan fingerprint density at radius 3 is 2.37 bits per heavy atom. The zero-order valence-corrected chi connectivity index (χ0v) is 11.5. The molecule has 0 unspecified atom stereocenters. The van der Waals surface area contributed by atoms with E-state index in [1.807, 2.05) is 19.0 Å². The van der Waals surface area contributed by atoms with Crippen molar-refractivity contribution < 1.29 is 9.59 Å². The Balaban J connectivity index is 3.16. The maximum absolute atomic E-state index is 12.4. The number of nitrogens with zero attached hydrogens (tertiary/aromatic N) is 2. The Hall–Kier alpha value is -2.24. The standard InChI is InChI=1S/C13H20N4O2/c1-4-17(8-12(15)18)13(19)10-7-9(14)5-6-11(10)16(2)3/h5-7H,4,8,14H2,1-3H3,(H2,15,18). The first kappa shape index (κ1) is 14.8. The van der Waals surface area contributed by atoms with E-state index in [4.69, 9.17) is 11.5 Å². The molecule has 0 atom stereocenters. The Kier molecular flexibility index (Phi) is 4.74. The van der Waals surface area contributed by atoms with Crippen LogP contribution in [0.25, 0.3) is 0 Å². The average Bonchev–Trinajstić information content (AvgIpc) is 2.34. The molecule has 104 valence electrons. The molecule has 0 saturated carbocycles. The summed E-state index contributed by atoms with van der Waals surface area (Å²) in [7, 11) is 3.68. The van der Waals surface area contributed by atoms with Gasteiger partial charge in [0.15, 0.2) is 0 Å². The summed E-state index contributed by atoms with van der Waals surface area (Å²) in [6.07, 6.45) is 0. The van der Waals surface area contributed by atoms with Crippen molar-refractivity contribution in [3.8, 4) is 0 Å². The van der Waals surface area contributed by atoms with E-state index in [1.165, 1.54) is 4.90 Å². The number of rotatable bonds is 5. The van der Waals surface area contributed by atoms with Crippen LogP contribution in [-0.4, -0.2) is 43.9 Å². The molecule has 6 nitrogen and oxygen atoms in total. The first-order chi connectivity index (χ1) is 8.86. The van der Waals surface area contributed by atoms with E-state index in [0.717, 1.165) is 5.69 Å². The molecule has 0 spiro atoms. The molecule has 1 aromatic rings. The number of likely N-dealkylation sites (N-methyl/N-ethyl adjacent to an activating group) is 1. The van der Waals surface area contributed by atoms with Gasteiger partial charge in [-0.25, -0.2) is 0 Å². The molecule has 1 aromatic carbocycles. The molecule has 19 heavy (non-hydrogen) atoms. The number of benzene rings is 1. The van der Waals surface area contributed by atoms with Gasteiger partial charge in [-0.2, -0.15) is 0 Å². The van der Waals surface area contributed by atoms with Crippen LogP contribution in [0.1, 0.15) is 17.3 Å². The molecule has 4 N–H and O–H groups in total. The number of amides is 2. The monoisotopic (exact) mass is 264 g/mol. The Bertz CT molecular complexity index is 486. The number of carbonyl (C=O) groups excluding carboxylic acids is 2. The van der Waals surface area contributed by atoms with E-state index in [1.54, 1.807) is 25.1 Å². The zero-order valence-electron chi connectivity index (χ0n) is 11.5. The summed E-state index contributed by atoms with van der Waals surface area (Å²) in [4.78, 5) is 26.6. The van der Waals surface area contributed by atoms with E-state index < -0.39 is 5.91 Å². The quantitative estimate of drug-likeness (QED) is 0.747. The first-order valence-electron chi connectivity index (χ1n) is 6.01. The minimum absolute atomic E-state index is 0.100. The molecular formula is C13H20N4O2. The van der Waals surface area contributed by atoms with Crippen molar-refractivity contribution in [1.82, 2.24) is 4.90 Å². The van der Waals surface area contributed by atoms with Gasteiger partial charge in [-0.1, -0.05) is 0 Å². The van der Waals surface area contributed by atoms with E-state index in [9.17, 15) is 9.59 Å². The number of nitrogens with two attached hydrogens (primary N) is 2. The second-order valence-corrected chi connectivity index (χ2v) is 4.46. The van der Waals surface area contributed by atoms with Gasteiger partial charge < -0.3 is 21.3 Å². The number of hydrogen-bond donors (Lipinski definition) is 2. The van der Waals surface area contributed by atoms with E-state index >= 15 is 0 Å². The average molecular weight is 264 g/mol. The van der Waals surface area contributed by atoms with Crippen LogP contribution < -0.4 is 16.4 Å². The number of carbonyl (C=O) groups is 2. The van der Waals surface area contributed by atoms with Gasteiger partial charge in [0.2, 0.25) is 5.91 Å². The van der Waals surface area contributed by atoms with Gasteiger partial charge in [0.1, 0.15) is 0 Å². The van der Waals surface area contributed by atoms with Gasteiger partial charge in [-0.3, -0.25) is 9.59 Å². The third-order valence-electron chi connectivity index (χ3n) is 2.75. The summed E-state index contributed by atoms with van der Waals surface area (Å²) < 4.78 is 0. The molecule has 0 aliphatic rings. The normalized spacial score (nSPS) is 10.1. The summed E-state index contributed by atoms with van der Waals surface area (Å²) in [6, 6.07) is 5.12. The minimum Gasteiger partial charge on any atom is -0.399 e. The van der Waals surface area contributed by atoms with Crippen LogP contribution in [0.3, 0.4) is 0 Å². The molecule has 0 bridgehead atoms. The number of hydrogen-bond acceptors (Lipinski definition) is 4. The molecule has 0 fully saturated rings. The molecule has 6 heteroatoms. The highest BCUT2D eigenvalue weighted by atomic mass is 16.2. The van der Waals surface area contributed by atoms with Gasteiger partial charge in [0, 0.05) is 32.0 Å². The largest absolute Gasteiger partial charge is 0.399 e. The fourth-order valence-corrected chi connectivity index (χ4v) is 1.80. The number of nitrogen functional groups attached to an aromatic ring is 1. The lowest BCUT2D eigenvalue weighted by molar-refractivity contribution is -0.118. The number of primary amides is 1. The molecule has 0 aliphatic carbocycles. The zero-order chi connectivity index (χ0) is 14.6. The molecule has 0 radical (unpaired) electrons. The van der Waals surface area contributed by atoms with Crippen LogP contribution in [0, 0.1) is 0 Å². The third-order valence-corrected chi connectivity index (χ3v) is 2.75. The second kappa shape index (κ2) is 6.08. The van der Waals surface area contributed by atoms with Crippen molar-refractivity contribution in [2.24, 2.45) is 5.73 Å². The van der Waals surface area contributed by atoms with Crippen LogP contribution in [0.15, 0.2) is 18.2 Å². The fraction of sp³-hybridized carbons (Fsp3) is 0.385. The Morgan fingerprint density at radius 1 is 1.26 bits per heavy atom. The highest BCUT2D eigenvalue weighted by Gasteiger charge is 2.20. The van der Waals surface area contributed by atoms with Crippen molar-refractivity contribution >= 4 is 23.2 Å². The van der Waals surface area contributed by atoms with Crippen molar-refractivity contribution in [3.05, 3.63) is 23.8 Å². The smallest absolute Gasteiger partial charge is 0.256 e. The topological polar surface area (TPSA) is 92.7 Å². The van der Waals surface area contributed by atoms with Crippen LogP contribution in [-0.2, 0) is 4.79 Å². The summed E-state index contributed by atoms with van der Waals surface area (Å²) in [6.45, 7) is 2.10. The van der Waals surface area contributed by atoms with Crippen molar-refractivity contribution in [2.45, 2.75) is 6.92 Å². The van der Waals surface area contributed by atoms with E-state index in [-0.39, 0.29) is 12.5 Å². The highest BCUT2D eigenvalue weighted by molar-refractivity contribution is 6.02. The first-order valence-corrected chi connectivity index (χ1v) is 6.01. The van der Waals surface area contributed by atoms with Gasteiger partial charge in [0.25, 0.3) is 5.91 Å². The SMILES string of the molecule is CCN(CC(N)=O)C(=O)c1cc(N)ccc1N(C)C. The highest BCUT2D eigenvalue weighted by Crippen LogP contribution is 2.23. The lowest BCUT2D eigenvalue weighted by Crippen LogP contribution is -2.38. The molecule has 0 saturated heterocycles. The molecule has 2 amide bonds. The van der Waals surface area contributed by atoms with Crippen molar-refractivity contribution in [3.63, 3.8) is 0 Å². The third kappa shape index (κ3) is 3.61. The lowest BCUT2D eigenvalue weighted by Gasteiger charge is -2.23. The molecule has 0 aromatic heterocycles. The summed E-state index contributed by atoms with van der Waals surface area (Å²) in [5.74, 6) is -0.789. The molecule has 1 rings (SSSR count). The fourth-order valence-electron chi connectivity index (χ4n) is 1.80. The summed E-state index contributed by atoms with van der Waals surface area (Å²) in [5.41, 5.74) is 12.6.